The number of aliphatic hydroxyl groups excluding tert-OH is 1. The molecule has 0 spiro atoms. The summed E-state index contributed by atoms with van der Waals surface area (Å²) in [6.07, 6.45) is -4.23. The maximum atomic E-state index is 12.3. The normalized spacial score (nSPS) is 26.3. The number of aliphatic hydroxyl groups is 1. The summed E-state index contributed by atoms with van der Waals surface area (Å²) in [7, 11) is 0. The fourth-order valence-corrected chi connectivity index (χ4v) is 2.43. The molecule has 0 bridgehead atoms. The van der Waals surface area contributed by atoms with E-state index in [0.717, 1.165) is 6.42 Å². The first-order valence-corrected chi connectivity index (χ1v) is 6.03. The van der Waals surface area contributed by atoms with Gasteiger partial charge in [0, 0.05) is 13.1 Å². The molecule has 1 saturated heterocycles. The van der Waals surface area contributed by atoms with Crippen LogP contribution in [0.4, 0.5) is 18.3 Å². The highest BCUT2D eigenvalue weighted by atomic mass is 32.1. The van der Waals surface area contributed by atoms with Crippen LogP contribution in [0.5, 0.6) is 0 Å². The fraction of sp³-hybridized carbons (Fsp3) is 0.778. The largest absolute Gasteiger partial charge is 0.445 e. The van der Waals surface area contributed by atoms with Crippen LogP contribution < -0.4 is 4.90 Å². The van der Waals surface area contributed by atoms with Crippen molar-refractivity contribution >= 4 is 16.5 Å². The third kappa shape index (κ3) is 2.68. The van der Waals surface area contributed by atoms with Gasteiger partial charge < -0.3 is 10.0 Å². The van der Waals surface area contributed by atoms with Crippen molar-refractivity contribution in [3.63, 3.8) is 0 Å². The predicted octanol–water partition coefficient (Wildman–Crippen LogP) is 1.76. The van der Waals surface area contributed by atoms with Gasteiger partial charge in [-0.3, -0.25) is 0 Å². The molecule has 0 amide bonds. The third-order valence-corrected chi connectivity index (χ3v) is 3.87. The molecule has 0 saturated carbocycles. The quantitative estimate of drug-likeness (QED) is 0.842. The molecule has 0 radical (unpaired) electrons. The van der Waals surface area contributed by atoms with Crippen LogP contribution in [0.25, 0.3) is 0 Å². The topological polar surface area (TPSA) is 49.2 Å². The number of β-amino-alcohol motifs (C(OH)–C–C–N with tert-alkyl or cyclic N) is 1. The first-order chi connectivity index (χ1) is 7.88. The number of hydrogen-bond acceptors (Lipinski definition) is 5. The molecule has 96 valence electrons. The zero-order valence-corrected chi connectivity index (χ0v) is 9.92. The number of aromatic nitrogens is 2. The SMILES string of the molecule is CC1CCN(c2nnc(C(F)(F)F)s2)CC1O. The minimum Gasteiger partial charge on any atom is -0.391 e. The average Bonchev–Trinajstić information content (AvgIpc) is 2.70. The van der Waals surface area contributed by atoms with Crippen LogP contribution in [-0.2, 0) is 6.18 Å². The van der Waals surface area contributed by atoms with E-state index in [-0.39, 0.29) is 11.0 Å². The first kappa shape index (κ1) is 12.6. The molecule has 1 aliphatic rings. The minimum atomic E-state index is -4.45. The molecular weight excluding hydrogens is 255 g/mol. The Morgan fingerprint density at radius 1 is 1.41 bits per heavy atom. The van der Waals surface area contributed by atoms with Crippen molar-refractivity contribution in [3.8, 4) is 0 Å². The number of nitrogens with zero attached hydrogens (tertiary/aromatic N) is 3. The van der Waals surface area contributed by atoms with Gasteiger partial charge in [-0.1, -0.05) is 18.3 Å². The molecule has 17 heavy (non-hydrogen) atoms. The molecule has 2 unspecified atom stereocenters. The van der Waals surface area contributed by atoms with E-state index in [0.29, 0.717) is 24.4 Å². The highest BCUT2D eigenvalue weighted by Gasteiger charge is 2.37. The Morgan fingerprint density at radius 3 is 2.65 bits per heavy atom. The first-order valence-electron chi connectivity index (χ1n) is 5.21. The maximum absolute atomic E-state index is 12.3. The number of rotatable bonds is 1. The fourth-order valence-electron chi connectivity index (χ4n) is 1.68. The second kappa shape index (κ2) is 4.41. The van der Waals surface area contributed by atoms with Crippen LogP contribution in [0, 0.1) is 5.92 Å². The summed E-state index contributed by atoms with van der Waals surface area (Å²) in [5.74, 6) is 0.168. The van der Waals surface area contributed by atoms with Gasteiger partial charge in [0.2, 0.25) is 10.1 Å². The van der Waals surface area contributed by atoms with Crippen LogP contribution in [0.3, 0.4) is 0 Å². The Balaban J connectivity index is 2.11. The van der Waals surface area contributed by atoms with Crippen molar-refractivity contribution in [2.45, 2.75) is 25.6 Å². The van der Waals surface area contributed by atoms with Crippen LogP contribution >= 0.6 is 11.3 Å². The van der Waals surface area contributed by atoms with Gasteiger partial charge in [-0.2, -0.15) is 13.2 Å². The summed E-state index contributed by atoms with van der Waals surface area (Å²) in [4.78, 5) is 1.65. The number of hydrogen-bond donors (Lipinski definition) is 1. The Hall–Kier alpha value is -0.890. The van der Waals surface area contributed by atoms with Gasteiger partial charge >= 0.3 is 6.18 Å². The number of alkyl halides is 3. The summed E-state index contributed by atoms with van der Waals surface area (Å²) < 4.78 is 37.0. The predicted molar refractivity (Wildman–Crippen MR) is 56.9 cm³/mol. The van der Waals surface area contributed by atoms with E-state index < -0.39 is 17.3 Å². The van der Waals surface area contributed by atoms with Gasteiger partial charge in [-0.25, -0.2) is 0 Å². The Kier molecular flexibility index (Phi) is 3.26. The molecule has 1 aliphatic heterocycles. The second-order valence-corrected chi connectivity index (χ2v) is 5.12. The highest BCUT2D eigenvalue weighted by Crippen LogP contribution is 2.35. The van der Waals surface area contributed by atoms with E-state index in [1.165, 1.54) is 0 Å². The van der Waals surface area contributed by atoms with Crippen LogP contribution in [0.1, 0.15) is 18.4 Å². The van der Waals surface area contributed by atoms with E-state index in [1.54, 1.807) is 4.90 Å². The van der Waals surface area contributed by atoms with Crippen molar-refractivity contribution in [1.82, 2.24) is 10.2 Å². The summed E-state index contributed by atoms with van der Waals surface area (Å²) in [6.45, 7) is 2.83. The number of anilines is 1. The van der Waals surface area contributed by atoms with Crippen molar-refractivity contribution in [2.75, 3.05) is 18.0 Å². The molecule has 8 heteroatoms. The zero-order valence-electron chi connectivity index (χ0n) is 9.11. The molecule has 2 heterocycles. The van der Waals surface area contributed by atoms with Crippen molar-refractivity contribution in [1.29, 1.82) is 0 Å². The van der Waals surface area contributed by atoms with Gasteiger partial charge in [-0.15, -0.1) is 10.2 Å². The zero-order chi connectivity index (χ0) is 12.6. The van der Waals surface area contributed by atoms with Gasteiger partial charge in [0.15, 0.2) is 0 Å². The lowest BCUT2D eigenvalue weighted by molar-refractivity contribution is -0.138. The van der Waals surface area contributed by atoms with E-state index in [1.807, 2.05) is 6.92 Å². The van der Waals surface area contributed by atoms with E-state index in [2.05, 4.69) is 10.2 Å². The molecule has 1 fully saturated rings. The van der Waals surface area contributed by atoms with E-state index in [9.17, 15) is 18.3 Å². The molecule has 2 atom stereocenters. The van der Waals surface area contributed by atoms with Gasteiger partial charge in [-0.05, 0) is 12.3 Å². The third-order valence-electron chi connectivity index (χ3n) is 2.85. The lowest BCUT2D eigenvalue weighted by Crippen LogP contribution is -2.42. The van der Waals surface area contributed by atoms with Gasteiger partial charge in [0.25, 0.3) is 0 Å². The molecule has 1 aromatic heterocycles. The molecule has 0 aliphatic carbocycles. The lowest BCUT2D eigenvalue weighted by atomic mass is 9.96. The van der Waals surface area contributed by atoms with Crippen LogP contribution in [0.2, 0.25) is 0 Å². The summed E-state index contributed by atoms with van der Waals surface area (Å²) in [5.41, 5.74) is 0. The highest BCUT2D eigenvalue weighted by molar-refractivity contribution is 7.15. The molecule has 4 nitrogen and oxygen atoms in total. The standard InChI is InChI=1S/C9H12F3N3OS/c1-5-2-3-15(4-6(5)16)8-14-13-7(17-8)9(10,11)12/h5-6,16H,2-4H2,1H3. The van der Waals surface area contributed by atoms with Crippen molar-refractivity contribution in [3.05, 3.63) is 5.01 Å². The van der Waals surface area contributed by atoms with E-state index >= 15 is 0 Å². The number of halogens is 3. The summed E-state index contributed by atoms with van der Waals surface area (Å²) >= 11 is 0.517. The van der Waals surface area contributed by atoms with E-state index in [4.69, 9.17) is 0 Å². The van der Waals surface area contributed by atoms with Gasteiger partial charge in [0.05, 0.1) is 6.10 Å². The number of piperidine rings is 1. The Labute approximate surface area is 100 Å². The lowest BCUT2D eigenvalue weighted by Gasteiger charge is -2.33. The molecule has 1 N–H and O–H groups in total. The summed E-state index contributed by atoms with van der Waals surface area (Å²) in [5, 5.41) is 15.6. The Morgan fingerprint density at radius 2 is 2.12 bits per heavy atom. The molecule has 1 aromatic rings. The van der Waals surface area contributed by atoms with Crippen LogP contribution in [-0.4, -0.2) is 34.5 Å². The second-order valence-electron chi connectivity index (χ2n) is 4.17. The molecular formula is C9H12F3N3OS. The monoisotopic (exact) mass is 267 g/mol. The van der Waals surface area contributed by atoms with Gasteiger partial charge in [0.1, 0.15) is 0 Å². The smallest absolute Gasteiger partial charge is 0.391 e. The average molecular weight is 267 g/mol. The van der Waals surface area contributed by atoms with Crippen molar-refractivity contribution < 1.29 is 18.3 Å². The maximum Gasteiger partial charge on any atom is 0.445 e. The Bertz CT molecular complexity index is 395. The summed E-state index contributed by atoms with van der Waals surface area (Å²) in [6, 6.07) is 0. The minimum absolute atomic E-state index is 0.168. The molecule has 0 aromatic carbocycles. The molecule has 2 rings (SSSR count). The van der Waals surface area contributed by atoms with Crippen molar-refractivity contribution in [2.24, 2.45) is 5.92 Å². The van der Waals surface area contributed by atoms with Crippen LogP contribution in [0.15, 0.2) is 0 Å².